The first-order valence-electron chi connectivity index (χ1n) is 8.41. The van der Waals surface area contributed by atoms with E-state index >= 15 is 0 Å². The summed E-state index contributed by atoms with van der Waals surface area (Å²) in [5, 5.41) is 14.0. The summed E-state index contributed by atoms with van der Waals surface area (Å²) in [6.07, 6.45) is 3.64. The molecule has 2 amide bonds. The maximum atomic E-state index is 12.4. The van der Waals surface area contributed by atoms with Crippen molar-refractivity contribution in [2.45, 2.75) is 56.2 Å². The molecule has 1 aliphatic heterocycles. The molecule has 0 spiro atoms. The summed E-state index contributed by atoms with van der Waals surface area (Å²) in [6, 6.07) is 6.83. The molecule has 0 bridgehead atoms. The van der Waals surface area contributed by atoms with Crippen LogP contribution in [0.4, 0.5) is 0 Å². The maximum Gasteiger partial charge on any atom is 0.225 e. The number of nitrogens with zero attached hydrogens (tertiary/aromatic N) is 1. The fourth-order valence-corrected chi connectivity index (χ4v) is 4.01. The van der Waals surface area contributed by atoms with E-state index in [9.17, 15) is 14.7 Å². The van der Waals surface area contributed by atoms with Gasteiger partial charge in [-0.1, -0.05) is 36.6 Å². The summed E-state index contributed by atoms with van der Waals surface area (Å²) in [5.41, 5.74) is 0.0617. The molecule has 2 aliphatic rings. The average molecular weight is 351 g/mol. The van der Waals surface area contributed by atoms with Gasteiger partial charge in [0.2, 0.25) is 11.8 Å². The molecular weight excluding hydrogens is 328 g/mol. The number of amides is 2. The number of likely N-dealkylation sites (N-methyl/N-ethyl adjacent to an activating group) is 1. The van der Waals surface area contributed by atoms with Gasteiger partial charge in [-0.3, -0.25) is 9.59 Å². The van der Waals surface area contributed by atoms with Crippen molar-refractivity contribution in [3.63, 3.8) is 0 Å². The van der Waals surface area contributed by atoms with Crippen molar-refractivity contribution in [1.82, 2.24) is 10.2 Å². The second-order valence-corrected chi connectivity index (χ2v) is 7.42. The molecule has 0 radical (unpaired) electrons. The van der Waals surface area contributed by atoms with Crippen molar-refractivity contribution in [3.05, 3.63) is 34.9 Å². The van der Waals surface area contributed by atoms with E-state index in [0.717, 1.165) is 18.4 Å². The Labute approximate surface area is 147 Å². The van der Waals surface area contributed by atoms with Crippen molar-refractivity contribution in [2.75, 3.05) is 7.05 Å². The van der Waals surface area contributed by atoms with Gasteiger partial charge in [0.15, 0.2) is 0 Å². The zero-order chi connectivity index (χ0) is 17.3. The van der Waals surface area contributed by atoms with Crippen molar-refractivity contribution >= 4 is 23.4 Å². The molecule has 1 aromatic rings. The molecule has 6 heteroatoms. The first-order valence-corrected chi connectivity index (χ1v) is 8.79. The van der Waals surface area contributed by atoms with Gasteiger partial charge in [0.05, 0.1) is 24.1 Å². The molecule has 1 heterocycles. The van der Waals surface area contributed by atoms with Gasteiger partial charge >= 0.3 is 0 Å². The molecule has 2 N–H and O–H groups in total. The summed E-state index contributed by atoms with van der Waals surface area (Å²) in [7, 11) is 1.75. The Morgan fingerprint density at radius 3 is 2.58 bits per heavy atom. The molecule has 130 valence electrons. The first-order chi connectivity index (χ1) is 11.4. The number of carbonyl (C=O) groups excluding carboxylic acids is 2. The SMILES string of the molecule is CN1C(=O)C[C@@H](NC(=O)CC2(O)CCCC2)[C@@H]1c1ccc(Cl)cc1. The van der Waals surface area contributed by atoms with Crippen molar-refractivity contribution < 1.29 is 14.7 Å². The highest BCUT2D eigenvalue weighted by atomic mass is 35.5. The van der Waals surface area contributed by atoms with E-state index in [2.05, 4.69) is 5.32 Å². The number of halogens is 1. The van der Waals surface area contributed by atoms with Gasteiger partial charge < -0.3 is 15.3 Å². The minimum Gasteiger partial charge on any atom is -0.389 e. The monoisotopic (exact) mass is 350 g/mol. The third-order valence-corrected chi connectivity index (χ3v) is 5.42. The third-order valence-electron chi connectivity index (χ3n) is 5.17. The van der Waals surface area contributed by atoms with E-state index in [1.807, 2.05) is 12.1 Å². The molecular formula is C18H23ClN2O3. The predicted molar refractivity (Wildman–Crippen MR) is 91.5 cm³/mol. The lowest BCUT2D eigenvalue weighted by Gasteiger charge is -2.27. The molecule has 2 fully saturated rings. The minimum absolute atomic E-state index is 0.000159. The highest BCUT2D eigenvalue weighted by Crippen LogP contribution is 2.34. The number of hydrogen-bond acceptors (Lipinski definition) is 3. The predicted octanol–water partition coefficient (Wildman–Crippen LogP) is 2.42. The van der Waals surface area contributed by atoms with Crippen LogP contribution in [0.3, 0.4) is 0 Å². The quantitative estimate of drug-likeness (QED) is 0.876. The molecule has 5 nitrogen and oxygen atoms in total. The van der Waals surface area contributed by atoms with Crippen LogP contribution in [0, 0.1) is 0 Å². The lowest BCUT2D eigenvalue weighted by Crippen LogP contribution is -2.42. The van der Waals surface area contributed by atoms with Crippen LogP contribution in [-0.4, -0.2) is 40.5 Å². The van der Waals surface area contributed by atoms with Crippen LogP contribution in [0.2, 0.25) is 5.02 Å². The average Bonchev–Trinajstić information content (AvgIpc) is 3.05. The molecule has 1 saturated carbocycles. The number of hydrogen-bond donors (Lipinski definition) is 2. The van der Waals surface area contributed by atoms with E-state index in [-0.39, 0.29) is 36.7 Å². The summed E-state index contributed by atoms with van der Waals surface area (Å²) in [4.78, 5) is 26.2. The Kier molecular flexibility index (Phi) is 4.83. The largest absolute Gasteiger partial charge is 0.389 e. The minimum atomic E-state index is -0.881. The van der Waals surface area contributed by atoms with E-state index < -0.39 is 5.60 Å². The number of likely N-dealkylation sites (tertiary alicyclic amines) is 1. The molecule has 1 aliphatic carbocycles. The van der Waals surface area contributed by atoms with E-state index in [4.69, 9.17) is 11.6 Å². The second kappa shape index (κ2) is 6.73. The van der Waals surface area contributed by atoms with E-state index in [1.54, 1.807) is 24.1 Å². The summed E-state index contributed by atoms with van der Waals surface area (Å²) in [6.45, 7) is 0. The van der Waals surface area contributed by atoms with Crippen molar-refractivity contribution in [2.24, 2.45) is 0 Å². The third kappa shape index (κ3) is 3.57. The van der Waals surface area contributed by atoms with Crippen LogP contribution < -0.4 is 5.32 Å². The van der Waals surface area contributed by atoms with E-state index in [1.165, 1.54) is 0 Å². The van der Waals surface area contributed by atoms with Gasteiger partial charge in [-0.15, -0.1) is 0 Å². The number of rotatable bonds is 4. The van der Waals surface area contributed by atoms with E-state index in [0.29, 0.717) is 17.9 Å². The van der Waals surface area contributed by atoms with Gasteiger partial charge in [0.25, 0.3) is 0 Å². The zero-order valence-electron chi connectivity index (χ0n) is 13.8. The van der Waals surface area contributed by atoms with Gasteiger partial charge in [-0.2, -0.15) is 0 Å². The molecule has 2 atom stereocenters. The van der Waals surface area contributed by atoms with Crippen LogP contribution >= 0.6 is 11.6 Å². The Bertz CT molecular complexity index is 626. The van der Waals surface area contributed by atoms with Crippen LogP contribution in [0.5, 0.6) is 0 Å². The van der Waals surface area contributed by atoms with Crippen molar-refractivity contribution in [1.29, 1.82) is 0 Å². The van der Waals surface area contributed by atoms with Crippen LogP contribution in [0.25, 0.3) is 0 Å². The van der Waals surface area contributed by atoms with Gasteiger partial charge in [0, 0.05) is 18.5 Å². The Hall–Kier alpha value is -1.59. The fourth-order valence-electron chi connectivity index (χ4n) is 3.88. The molecule has 1 saturated heterocycles. The topological polar surface area (TPSA) is 69.6 Å². The Morgan fingerprint density at radius 2 is 1.96 bits per heavy atom. The number of benzene rings is 1. The van der Waals surface area contributed by atoms with Gasteiger partial charge in [-0.05, 0) is 30.5 Å². The van der Waals surface area contributed by atoms with Crippen LogP contribution in [0.1, 0.15) is 50.1 Å². The normalized spacial score (nSPS) is 26.0. The molecule has 0 unspecified atom stereocenters. The summed E-state index contributed by atoms with van der Waals surface area (Å²) in [5.74, 6) is -0.189. The fraction of sp³-hybridized carbons (Fsp3) is 0.556. The summed E-state index contributed by atoms with van der Waals surface area (Å²) < 4.78 is 0. The second-order valence-electron chi connectivity index (χ2n) is 6.99. The molecule has 3 rings (SSSR count). The Morgan fingerprint density at radius 1 is 1.33 bits per heavy atom. The molecule has 0 aromatic heterocycles. The maximum absolute atomic E-state index is 12.4. The molecule has 24 heavy (non-hydrogen) atoms. The number of nitrogens with one attached hydrogen (secondary N) is 1. The van der Waals surface area contributed by atoms with Gasteiger partial charge in [-0.25, -0.2) is 0 Å². The lowest BCUT2D eigenvalue weighted by atomic mass is 9.96. The zero-order valence-corrected chi connectivity index (χ0v) is 14.6. The number of carbonyl (C=O) groups is 2. The van der Waals surface area contributed by atoms with Gasteiger partial charge in [0.1, 0.15) is 0 Å². The first kappa shape index (κ1) is 17.2. The van der Waals surface area contributed by atoms with Crippen molar-refractivity contribution in [3.8, 4) is 0 Å². The van der Waals surface area contributed by atoms with Crippen LogP contribution in [0.15, 0.2) is 24.3 Å². The number of aliphatic hydroxyl groups is 1. The lowest BCUT2D eigenvalue weighted by molar-refractivity contribution is -0.128. The highest BCUT2D eigenvalue weighted by molar-refractivity contribution is 6.30. The smallest absolute Gasteiger partial charge is 0.225 e. The highest BCUT2D eigenvalue weighted by Gasteiger charge is 2.40. The standard InChI is InChI=1S/C18H23ClN2O3/c1-21-16(23)10-14(17(21)12-4-6-13(19)7-5-12)20-15(22)11-18(24)8-2-3-9-18/h4-7,14,17,24H,2-3,8-11H2,1H3,(H,20,22)/t14-,17+/m1/s1. The summed E-state index contributed by atoms with van der Waals surface area (Å²) >= 11 is 5.94. The Balaban J connectivity index is 1.71. The van der Waals surface area contributed by atoms with Crippen LogP contribution in [-0.2, 0) is 9.59 Å². The molecule has 1 aromatic carbocycles.